The lowest BCUT2D eigenvalue weighted by Crippen LogP contribution is -2.11. The van der Waals surface area contributed by atoms with Crippen LogP contribution in [-0.2, 0) is 4.74 Å². The number of aromatic nitrogens is 2. The van der Waals surface area contributed by atoms with E-state index < -0.39 is 11.9 Å². The quantitative estimate of drug-likeness (QED) is 0.604. The predicted octanol–water partition coefficient (Wildman–Crippen LogP) is 4.56. The van der Waals surface area contributed by atoms with Crippen LogP contribution in [0.3, 0.4) is 0 Å². The van der Waals surface area contributed by atoms with Crippen LogP contribution >= 0.6 is 34.5 Å². The maximum atomic E-state index is 12.2. The molecule has 0 unspecified atom stereocenters. The van der Waals surface area contributed by atoms with Crippen LogP contribution in [0.5, 0.6) is 0 Å². The second kappa shape index (κ2) is 8.34. The second-order valence-corrected chi connectivity index (χ2v) is 6.88. The Bertz CT molecular complexity index is 1010. The molecule has 7 nitrogen and oxygen atoms in total. The zero-order chi connectivity index (χ0) is 19.4. The summed E-state index contributed by atoms with van der Waals surface area (Å²) in [6.07, 6.45) is 1.47. The van der Waals surface area contributed by atoms with Crippen molar-refractivity contribution in [2.24, 2.45) is 0 Å². The molecule has 3 aromatic rings. The molecule has 0 atom stereocenters. The van der Waals surface area contributed by atoms with E-state index in [1.54, 1.807) is 30.3 Å². The van der Waals surface area contributed by atoms with Crippen molar-refractivity contribution < 1.29 is 18.7 Å². The molecule has 27 heavy (non-hydrogen) atoms. The van der Waals surface area contributed by atoms with Crippen LogP contribution in [0.1, 0.15) is 31.1 Å². The van der Waals surface area contributed by atoms with Gasteiger partial charge in [0.25, 0.3) is 5.91 Å². The van der Waals surface area contributed by atoms with Crippen LogP contribution in [0.25, 0.3) is 11.1 Å². The fraction of sp³-hybridized carbons (Fsp3) is 0.0588. The average molecular weight is 424 g/mol. The second-order valence-electron chi connectivity index (χ2n) is 5.06. The number of hydrogen-bond donors (Lipinski definition) is 1. The summed E-state index contributed by atoms with van der Waals surface area (Å²) in [6.45, 7) is 0. The number of benzene rings is 1. The third kappa shape index (κ3) is 4.73. The summed E-state index contributed by atoms with van der Waals surface area (Å²) in [6, 6.07) is 9.69. The van der Waals surface area contributed by atoms with Gasteiger partial charge in [0.15, 0.2) is 5.01 Å². The van der Waals surface area contributed by atoms with Crippen LogP contribution in [0, 0.1) is 0 Å². The average Bonchev–Trinajstić information content (AvgIpc) is 3.32. The number of nitrogens with zero attached hydrogens (tertiary/aromatic N) is 2. The molecule has 0 fully saturated rings. The van der Waals surface area contributed by atoms with Gasteiger partial charge in [-0.1, -0.05) is 34.5 Å². The largest absolute Gasteiger partial charge is 0.463 e. The highest BCUT2D eigenvalue weighted by Gasteiger charge is 2.16. The minimum atomic E-state index is -0.595. The Morgan fingerprint density at radius 1 is 1.15 bits per heavy atom. The molecule has 0 saturated carbocycles. The van der Waals surface area contributed by atoms with E-state index in [1.165, 1.54) is 19.3 Å². The van der Waals surface area contributed by atoms with Crippen LogP contribution < -0.4 is 5.32 Å². The van der Waals surface area contributed by atoms with E-state index in [1.807, 2.05) is 0 Å². The van der Waals surface area contributed by atoms with Crippen molar-refractivity contribution in [2.45, 2.75) is 0 Å². The number of methoxy groups -OCH3 is 1. The highest BCUT2D eigenvalue weighted by Crippen LogP contribution is 2.26. The number of amides is 1. The molecule has 0 spiro atoms. The first-order chi connectivity index (χ1) is 13.0. The summed E-state index contributed by atoms with van der Waals surface area (Å²) in [4.78, 5) is 23.6. The normalized spacial score (nSPS) is 11.3. The third-order valence-corrected chi connectivity index (χ3v) is 4.82. The van der Waals surface area contributed by atoms with Gasteiger partial charge >= 0.3 is 5.97 Å². The highest BCUT2D eigenvalue weighted by atomic mass is 35.5. The van der Waals surface area contributed by atoms with E-state index in [0.717, 1.165) is 11.3 Å². The predicted molar refractivity (Wildman–Crippen MR) is 103 cm³/mol. The van der Waals surface area contributed by atoms with Crippen LogP contribution in [0.4, 0.5) is 5.69 Å². The van der Waals surface area contributed by atoms with Crippen LogP contribution in [-0.4, -0.2) is 29.2 Å². The first-order valence-corrected chi connectivity index (χ1v) is 8.99. The van der Waals surface area contributed by atoms with Crippen LogP contribution in [0.15, 0.2) is 40.8 Å². The number of furan rings is 1. The fourth-order valence-electron chi connectivity index (χ4n) is 1.96. The van der Waals surface area contributed by atoms with Crippen molar-refractivity contribution >= 4 is 63.2 Å². The molecule has 0 saturated heterocycles. The zero-order valence-corrected chi connectivity index (χ0v) is 16.1. The van der Waals surface area contributed by atoms with Crippen LogP contribution in [0.2, 0.25) is 5.02 Å². The Labute approximate surface area is 167 Å². The molecule has 1 N–H and O–H groups in total. The third-order valence-electron chi connectivity index (χ3n) is 3.21. The lowest BCUT2D eigenvalue weighted by Gasteiger charge is -2.01. The monoisotopic (exact) mass is 423 g/mol. The molecule has 0 aliphatic heterocycles. The first-order valence-electron chi connectivity index (χ1n) is 7.42. The molecule has 138 valence electrons. The fourth-order valence-corrected chi connectivity index (χ4v) is 2.99. The van der Waals surface area contributed by atoms with Gasteiger partial charge in [0, 0.05) is 16.8 Å². The van der Waals surface area contributed by atoms with Crippen molar-refractivity contribution in [1.82, 2.24) is 10.2 Å². The van der Waals surface area contributed by atoms with Gasteiger partial charge in [0.05, 0.1) is 12.1 Å². The number of esters is 1. The van der Waals surface area contributed by atoms with E-state index in [4.69, 9.17) is 27.6 Å². The maximum absolute atomic E-state index is 12.2. The summed E-state index contributed by atoms with van der Waals surface area (Å²) in [5, 5.41) is 11.7. The lowest BCUT2D eigenvalue weighted by atomic mass is 10.3. The number of carbonyl (C=O) groups excluding carboxylic acids is 2. The van der Waals surface area contributed by atoms with Crippen molar-refractivity contribution in [3.05, 3.63) is 63.0 Å². The molecule has 3 rings (SSSR count). The first kappa shape index (κ1) is 19.1. The molecule has 1 aromatic carbocycles. The molecule has 2 heterocycles. The maximum Gasteiger partial charge on any atom is 0.373 e. The number of hydrogen-bond acceptors (Lipinski definition) is 7. The highest BCUT2D eigenvalue weighted by molar-refractivity contribution is 7.15. The summed E-state index contributed by atoms with van der Waals surface area (Å²) in [7, 11) is 1.26. The minimum absolute atomic E-state index is 0.0495. The lowest BCUT2D eigenvalue weighted by molar-refractivity contribution is 0.0564. The molecular weight excluding hydrogens is 413 g/mol. The molecule has 0 radical (unpaired) electrons. The van der Waals surface area contributed by atoms with Gasteiger partial charge in [-0.3, -0.25) is 4.79 Å². The van der Waals surface area contributed by atoms with E-state index in [9.17, 15) is 9.59 Å². The Morgan fingerprint density at radius 3 is 2.56 bits per heavy atom. The SMILES string of the molecule is COC(=O)c1ccc(/C=C(\Cl)c2nnc(C(=O)Nc3ccc(Cl)cc3)s2)o1. The summed E-state index contributed by atoms with van der Waals surface area (Å²) >= 11 is 13.0. The summed E-state index contributed by atoms with van der Waals surface area (Å²) < 4.78 is 9.87. The Balaban J connectivity index is 1.72. The van der Waals surface area contributed by atoms with Gasteiger partial charge in [-0.2, -0.15) is 0 Å². The molecule has 2 aromatic heterocycles. The smallest absolute Gasteiger partial charge is 0.373 e. The van der Waals surface area contributed by atoms with Gasteiger partial charge in [0.2, 0.25) is 10.8 Å². The van der Waals surface area contributed by atoms with Crippen molar-refractivity contribution in [2.75, 3.05) is 12.4 Å². The molecular formula is C17H11Cl2N3O4S. The van der Waals surface area contributed by atoms with Gasteiger partial charge in [-0.25, -0.2) is 4.79 Å². The van der Waals surface area contributed by atoms with E-state index in [-0.39, 0.29) is 15.8 Å². The molecule has 10 heteroatoms. The number of rotatable bonds is 5. The van der Waals surface area contributed by atoms with Gasteiger partial charge < -0.3 is 14.5 Å². The van der Waals surface area contributed by atoms with E-state index >= 15 is 0 Å². The Kier molecular flexibility index (Phi) is 5.90. The number of ether oxygens (including phenoxy) is 1. The van der Waals surface area contributed by atoms with Gasteiger partial charge in [-0.15, -0.1) is 10.2 Å². The Morgan fingerprint density at radius 2 is 1.85 bits per heavy atom. The number of nitrogens with one attached hydrogen (secondary N) is 1. The Hall–Kier alpha value is -2.68. The molecule has 0 aliphatic carbocycles. The number of halogens is 2. The van der Waals surface area contributed by atoms with E-state index in [2.05, 4.69) is 20.3 Å². The topological polar surface area (TPSA) is 94.3 Å². The van der Waals surface area contributed by atoms with Gasteiger partial charge in [0.1, 0.15) is 5.76 Å². The summed E-state index contributed by atoms with van der Waals surface area (Å²) in [5.41, 5.74) is 0.578. The molecule has 0 aliphatic rings. The van der Waals surface area contributed by atoms with Crippen molar-refractivity contribution in [1.29, 1.82) is 0 Å². The van der Waals surface area contributed by atoms with Crippen molar-refractivity contribution in [3.63, 3.8) is 0 Å². The number of anilines is 1. The zero-order valence-electron chi connectivity index (χ0n) is 13.7. The van der Waals surface area contributed by atoms with E-state index in [0.29, 0.717) is 21.5 Å². The van der Waals surface area contributed by atoms with Crippen molar-refractivity contribution in [3.8, 4) is 0 Å². The summed E-state index contributed by atoms with van der Waals surface area (Å²) in [5.74, 6) is -0.629. The molecule has 1 amide bonds. The minimum Gasteiger partial charge on any atom is -0.463 e. The standard InChI is InChI=1S/C17H11Cl2N3O4S/c1-25-17(24)13-7-6-11(26-13)8-12(19)15-21-22-16(27-15)14(23)20-10-4-2-9(18)3-5-10/h2-8H,1H3,(H,20,23)/b12-8-. The van der Waals surface area contributed by atoms with Gasteiger partial charge in [-0.05, 0) is 36.4 Å². The number of carbonyl (C=O) groups is 2. The molecule has 0 bridgehead atoms.